The van der Waals surface area contributed by atoms with E-state index < -0.39 is 22.5 Å². The van der Waals surface area contributed by atoms with Crippen LogP contribution in [0.1, 0.15) is 17.0 Å². The average molecular weight is 555 g/mol. The highest BCUT2D eigenvalue weighted by atomic mass is 35.5. The second-order valence-corrected chi connectivity index (χ2v) is 10.9. The Labute approximate surface area is 226 Å². The van der Waals surface area contributed by atoms with Crippen LogP contribution in [0.4, 0.5) is 5.69 Å². The summed E-state index contributed by atoms with van der Waals surface area (Å²) in [6, 6.07) is 24.1. The second kappa shape index (κ2) is 11.2. The molecule has 10 heteroatoms. The van der Waals surface area contributed by atoms with Crippen LogP contribution in [-0.4, -0.2) is 31.7 Å². The first-order valence-corrected chi connectivity index (χ1v) is 13.5. The van der Waals surface area contributed by atoms with Gasteiger partial charge in [-0.05, 0) is 62.4 Å². The molecule has 1 N–H and O–H groups in total. The van der Waals surface area contributed by atoms with Gasteiger partial charge in [0.1, 0.15) is 6.54 Å². The van der Waals surface area contributed by atoms with Crippen LogP contribution in [0.2, 0.25) is 10.0 Å². The normalized spacial score (nSPS) is 11.6. The predicted octanol–water partition coefficient (Wildman–Crippen LogP) is 5.75. The minimum absolute atomic E-state index is 0.0331. The van der Waals surface area contributed by atoms with E-state index >= 15 is 0 Å². The molecule has 4 rings (SSSR count). The minimum Gasteiger partial charge on any atom is -0.318 e. The monoisotopic (exact) mass is 554 g/mol. The zero-order valence-electron chi connectivity index (χ0n) is 20.1. The summed E-state index contributed by atoms with van der Waals surface area (Å²) in [4.78, 5) is 12.9. The maximum absolute atomic E-state index is 13.4. The van der Waals surface area contributed by atoms with E-state index in [1.807, 2.05) is 50.2 Å². The first-order chi connectivity index (χ1) is 17.7. The number of carbonyl (C=O) groups excluding carboxylic acids is 1. The molecule has 37 heavy (non-hydrogen) atoms. The molecule has 0 atom stereocenters. The Morgan fingerprint density at radius 1 is 0.946 bits per heavy atom. The molecule has 0 spiro atoms. The molecule has 0 fully saturated rings. The van der Waals surface area contributed by atoms with Crippen LogP contribution in [0.3, 0.4) is 0 Å². The van der Waals surface area contributed by atoms with Gasteiger partial charge in [-0.15, -0.1) is 0 Å². The summed E-state index contributed by atoms with van der Waals surface area (Å²) >= 11 is 12.1. The number of aromatic nitrogens is 1. The molecule has 0 aliphatic heterocycles. The number of sulfonamides is 1. The number of aryl methyl sites for hydroxylation is 1. The van der Waals surface area contributed by atoms with E-state index in [-0.39, 0.29) is 20.6 Å². The van der Waals surface area contributed by atoms with E-state index in [0.717, 1.165) is 26.9 Å². The highest BCUT2D eigenvalue weighted by Crippen LogP contribution is 2.30. The van der Waals surface area contributed by atoms with Gasteiger partial charge in [-0.2, -0.15) is 5.10 Å². The van der Waals surface area contributed by atoms with Crippen molar-refractivity contribution in [3.05, 3.63) is 112 Å². The van der Waals surface area contributed by atoms with E-state index in [2.05, 4.69) is 15.1 Å². The van der Waals surface area contributed by atoms with Crippen molar-refractivity contribution in [3.63, 3.8) is 0 Å². The first kappa shape index (κ1) is 26.5. The molecule has 0 aliphatic carbocycles. The van der Waals surface area contributed by atoms with Crippen molar-refractivity contribution in [1.82, 2.24) is 9.99 Å². The molecule has 1 aromatic heterocycles. The number of anilines is 1. The van der Waals surface area contributed by atoms with Gasteiger partial charge >= 0.3 is 0 Å². The molecule has 0 aliphatic rings. The molecule has 4 aromatic rings. The second-order valence-electron chi connectivity index (χ2n) is 8.21. The summed E-state index contributed by atoms with van der Waals surface area (Å²) in [5.74, 6) is -0.626. The smallest absolute Gasteiger partial charge is 0.264 e. The molecule has 0 unspecified atom stereocenters. The fourth-order valence-electron chi connectivity index (χ4n) is 3.91. The zero-order chi connectivity index (χ0) is 26.6. The number of nitrogens with one attached hydrogen (secondary N) is 1. The van der Waals surface area contributed by atoms with E-state index in [0.29, 0.717) is 0 Å². The predicted molar refractivity (Wildman–Crippen MR) is 148 cm³/mol. The van der Waals surface area contributed by atoms with Gasteiger partial charge in [0.25, 0.3) is 15.9 Å². The third-order valence-corrected chi connectivity index (χ3v) is 8.21. The number of para-hydroxylation sites is 1. The first-order valence-electron chi connectivity index (χ1n) is 11.3. The van der Waals surface area contributed by atoms with Gasteiger partial charge in [-0.3, -0.25) is 9.10 Å². The molecule has 1 amide bonds. The van der Waals surface area contributed by atoms with Crippen LogP contribution in [0, 0.1) is 13.8 Å². The minimum atomic E-state index is -4.08. The third kappa shape index (κ3) is 5.88. The molecule has 0 radical (unpaired) electrons. The third-order valence-electron chi connectivity index (χ3n) is 5.69. The van der Waals surface area contributed by atoms with E-state index in [9.17, 15) is 13.2 Å². The number of amides is 1. The van der Waals surface area contributed by atoms with Crippen LogP contribution >= 0.6 is 23.2 Å². The van der Waals surface area contributed by atoms with Crippen LogP contribution < -0.4 is 9.73 Å². The van der Waals surface area contributed by atoms with Gasteiger partial charge in [0.05, 0.1) is 26.8 Å². The van der Waals surface area contributed by atoms with Crippen molar-refractivity contribution in [2.75, 3.05) is 10.8 Å². The maximum atomic E-state index is 13.4. The molecule has 3 aromatic carbocycles. The molecular formula is C27H24Cl2N4O3S. The quantitative estimate of drug-likeness (QED) is 0.222. The van der Waals surface area contributed by atoms with Crippen molar-refractivity contribution in [3.8, 4) is 5.69 Å². The number of hydrogen-bond acceptors (Lipinski definition) is 4. The summed E-state index contributed by atoms with van der Waals surface area (Å²) in [6.45, 7) is 3.43. The highest BCUT2D eigenvalue weighted by Gasteiger charge is 2.27. The van der Waals surface area contributed by atoms with Crippen LogP contribution in [0.15, 0.2) is 94.9 Å². The number of hydrogen-bond donors (Lipinski definition) is 1. The van der Waals surface area contributed by atoms with Crippen LogP contribution in [0.5, 0.6) is 0 Å². The number of nitrogens with zero attached hydrogens (tertiary/aromatic N) is 3. The lowest BCUT2D eigenvalue weighted by Gasteiger charge is -2.24. The summed E-state index contributed by atoms with van der Waals surface area (Å²) in [6.07, 6.45) is 1.54. The average Bonchev–Trinajstić information content (AvgIpc) is 3.17. The van der Waals surface area contributed by atoms with Gasteiger partial charge in [-0.25, -0.2) is 13.8 Å². The Kier molecular flexibility index (Phi) is 8.02. The van der Waals surface area contributed by atoms with Crippen molar-refractivity contribution >= 4 is 51.0 Å². The Balaban J connectivity index is 1.56. The van der Waals surface area contributed by atoms with Gasteiger partial charge in [0.2, 0.25) is 0 Å². The molecule has 0 saturated heterocycles. The van der Waals surface area contributed by atoms with Gasteiger partial charge in [-0.1, -0.05) is 59.6 Å². The van der Waals surface area contributed by atoms with Crippen molar-refractivity contribution in [1.29, 1.82) is 0 Å². The topological polar surface area (TPSA) is 83.8 Å². The van der Waals surface area contributed by atoms with E-state index in [1.165, 1.54) is 36.5 Å². The largest absolute Gasteiger partial charge is 0.318 e. The standard InChI is InChI=1S/C27H24Cl2N4O3S/c1-19-15-21(20(2)33(19)22-9-5-3-6-10-22)17-30-31-27(34)18-32(23-13-14-25(28)26(29)16-23)37(35,36)24-11-7-4-8-12-24/h3-17H,18H2,1-2H3,(H,31,34)/b30-17+. The Hall–Kier alpha value is -3.59. The lowest BCUT2D eigenvalue weighted by molar-refractivity contribution is -0.119. The number of carbonyl (C=O) groups is 1. The van der Waals surface area contributed by atoms with Crippen LogP contribution in [-0.2, 0) is 14.8 Å². The molecule has 1 heterocycles. The maximum Gasteiger partial charge on any atom is 0.264 e. The summed E-state index contributed by atoms with van der Waals surface area (Å²) in [7, 11) is -4.08. The van der Waals surface area contributed by atoms with Crippen molar-refractivity contribution in [2.24, 2.45) is 5.10 Å². The van der Waals surface area contributed by atoms with Crippen molar-refractivity contribution in [2.45, 2.75) is 18.7 Å². The fourth-order valence-corrected chi connectivity index (χ4v) is 5.63. The summed E-state index contributed by atoms with van der Waals surface area (Å²) in [5.41, 5.74) is 6.43. The van der Waals surface area contributed by atoms with E-state index in [1.54, 1.807) is 18.2 Å². The summed E-state index contributed by atoms with van der Waals surface area (Å²) in [5, 5.41) is 4.51. The van der Waals surface area contributed by atoms with E-state index in [4.69, 9.17) is 23.2 Å². The Morgan fingerprint density at radius 2 is 1.59 bits per heavy atom. The summed E-state index contributed by atoms with van der Waals surface area (Å²) < 4.78 is 29.9. The molecular weight excluding hydrogens is 531 g/mol. The fraction of sp³-hybridized carbons (Fsp3) is 0.111. The van der Waals surface area contributed by atoms with Crippen LogP contribution in [0.25, 0.3) is 5.69 Å². The molecule has 0 bridgehead atoms. The molecule has 0 saturated carbocycles. The number of benzene rings is 3. The molecule has 7 nitrogen and oxygen atoms in total. The lowest BCUT2D eigenvalue weighted by Crippen LogP contribution is -2.39. The lowest BCUT2D eigenvalue weighted by atomic mass is 10.2. The number of halogens is 2. The van der Waals surface area contributed by atoms with Gasteiger partial charge in [0.15, 0.2) is 0 Å². The van der Waals surface area contributed by atoms with Crippen molar-refractivity contribution < 1.29 is 13.2 Å². The zero-order valence-corrected chi connectivity index (χ0v) is 22.4. The Morgan fingerprint density at radius 3 is 2.24 bits per heavy atom. The number of hydrazone groups is 1. The SMILES string of the molecule is Cc1cc(/C=N/NC(=O)CN(c2ccc(Cl)c(Cl)c2)S(=O)(=O)c2ccccc2)c(C)n1-c1ccccc1. The molecule has 190 valence electrons. The van der Waals surface area contributed by atoms with Gasteiger partial charge in [0, 0.05) is 22.6 Å². The number of rotatable bonds is 8. The van der Waals surface area contributed by atoms with Gasteiger partial charge < -0.3 is 4.57 Å². The highest BCUT2D eigenvalue weighted by molar-refractivity contribution is 7.92. The Bertz CT molecular complexity index is 1550.